The maximum absolute atomic E-state index is 13.2. The first kappa shape index (κ1) is 14.1. The van der Waals surface area contributed by atoms with E-state index in [2.05, 4.69) is 10.3 Å². The molecule has 2 aromatic rings. The standard InChI is InChI=1S/C11H10FN3O4S/c1-15-5-7(13-14-15)6-20(18,19)8-2-3-10(12)9(4-8)11(16)17/h2-5H,6H2,1H3,(H,16,17). The van der Waals surface area contributed by atoms with Gasteiger partial charge in [0.1, 0.15) is 11.6 Å². The highest BCUT2D eigenvalue weighted by atomic mass is 32.2. The minimum absolute atomic E-state index is 0.216. The molecule has 0 bridgehead atoms. The molecule has 0 fully saturated rings. The van der Waals surface area contributed by atoms with E-state index in [-0.39, 0.29) is 10.6 Å². The molecule has 0 unspecified atom stereocenters. The Morgan fingerprint density at radius 2 is 2.15 bits per heavy atom. The normalized spacial score (nSPS) is 11.5. The molecule has 7 nitrogen and oxygen atoms in total. The van der Waals surface area contributed by atoms with Gasteiger partial charge in [0.05, 0.1) is 16.2 Å². The Morgan fingerprint density at radius 1 is 1.45 bits per heavy atom. The molecule has 20 heavy (non-hydrogen) atoms. The molecule has 1 aromatic heterocycles. The Balaban J connectivity index is 2.39. The van der Waals surface area contributed by atoms with Crippen LogP contribution in [0.25, 0.3) is 0 Å². The van der Waals surface area contributed by atoms with E-state index in [1.165, 1.54) is 10.9 Å². The molecule has 0 atom stereocenters. The van der Waals surface area contributed by atoms with Crippen molar-refractivity contribution in [2.45, 2.75) is 10.6 Å². The Kier molecular flexibility index (Phi) is 3.53. The second-order valence-electron chi connectivity index (χ2n) is 4.09. The minimum Gasteiger partial charge on any atom is -0.478 e. The zero-order valence-corrected chi connectivity index (χ0v) is 11.1. The molecule has 2 rings (SSSR count). The molecule has 0 amide bonds. The van der Waals surface area contributed by atoms with Gasteiger partial charge in [0.2, 0.25) is 0 Å². The number of rotatable bonds is 4. The van der Waals surface area contributed by atoms with E-state index in [1.807, 2.05) is 0 Å². The van der Waals surface area contributed by atoms with Crippen LogP contribution in [-0.2, 0) is 22.6 Å². The largest absolute Gasteiger partial charge is 0.478 e. The molecule has 0 aliphatic carbocycles. The van der Waals surface area contributed by atoms with Crippen molar-refractivity contribution in [2.75, 3.05) is 0 Å². The lowest BCUT2D eigenvalue weighted by atomic mass is 10.2. The zero-order chi connectivity index (χ0) is 14.9. The summed E-state index contributed by atoms with van der Waals surface area (Å²) in [7, 11) is -2.23. The van der Waals surface area contributed by atoms with E-state index in [0.717, 1.165) is 18.2 Å². The van der Waals surface area contributed by atoms with Gasteiger partial charge in [-0.25, -0.2) is 17.6 Å². The monoisotopic (exact) mass is 299 g/mol. The molecular formula is C11H10FN3O4S. The van der Waals surface area contributed by atoms with Crippen LogP contribution in [0.2, 0.25) is 0 Å². The smallest absolute Gasteiger partial charge is 0.338 e. The first-order valence-corrected chi connectivity index (χ1v) is 7.05. The van der Waals surface area contributed by atoms with Crippen molar-refractivity contribution in [3.8, 4) is 0 Å². The van der Waals surface area contributed by atoms with Crippen molar-refractivity contribution in [1.82, 2.24) is 15.0 Å². The lowest BCUT2D eigenvalue weighted by molar-refractivity contribution is 0.0691. The summed E-state index contributed by atoms with van der Waals surface area (Å²) in [5.74, 6) is -2.96. The number of benzene rings is 1. The van der Waals surface area contributed by atoms with Crippen LogP contribution < -0.4 is 0 Å². The second kappa shape index (κ2) is 5.00. The van der Waals surface area contributed by atoms with Gasteiger partial charge in [-0.05, 0) is 18.2 Å². The number of hydrogen-bond donors (Lipinski definition) is 1. The number of carboxylic acid groups (broad SMARTS) is 1. The fourth-order valence-corrected chi connectivity index (χ4v) is 2.86. The number of aromatic nitrogens is 3. The minimum atomic E-state index is -3.82. The molecule has 9 heteroatoms. The summed E-state index contributed by atoms with van der Waals surface area (Å²) in [4.78, 5) is 10.5. The molecule has 0 saturated heterocycles. The van der Waals surface area contributed by atoms with Crippen LogP contribution in [-0.4, -0.2) is 34.5 Å². The first-order chi connectivity index (χ1) is 9.29. The van der Waals surface area contributed by atoms with Gasteiger partial charge >= 0.3 is 5.97 Å². The van der Waals surface area contributed by atoms with E-state index >= 15 is 0 Å². The van der Waals surface area contributed by atoms with Crippen molar-refractivity contribution >= 4 is 15.8 Å². The highest BCUT2D eigenvalue weighted by molar-refractivity contribution is 7.90. The average molecular weight is 299 g/mol. The number of aromatic carboxylic acids is 1. The number of sulfone groups is 1. The van der Waals surface area contributed by atoms with E-state index in [0.29, 0.717) is 0 Å². The second-order valence-corrected chi connectivity index (χ2v) is 6.08. The molecule has 0 aliphatic rings. The van der Waals surface area contributed by atoms with Crippen molar-refractivity contribution in [2.24, 2.45) is 7.05 Å². The Bertz CT molecular complexity index is 770. The number of aryl methyl sites for hydroxylation is 1. The third-order valence-corrected chi connectivity index (χ3v) is 4.16. The number of nitrogens with zero attached hydrogens (tertiary/aromatic N) is 3. The molecule has 1 heterocycles. The van der Waals surface area contributed by atoms with Crippen LogP contribution in [0.4, 0.5) is 4.39 Å². The summed E-state index contributed by atoms with van der Waals surface area (Å²) >= 11 is 0. The summed E-state index contributed by atoms with van der Waals surface area (Å²) in [5.41, 5.74) is -0.473. The fourth-order valence-electron chi connectivity index (χ4n) is 1.60. The Hall–Kier alpha value is -2.29. The lowest BCUT2D eigenvalue weighted by Gasteiger charge is -2.04. The first-order valence-electron chi connectivity index (χ1n) is 5.40. The van der Waals surface area contributed by atoms with E-state index < -0.39 is 32.9 Å². The number of carbonyl (C=O) groups is 1. The lowest BCUT2D eigenvalue weighted by Crippen LogP contribution is -2.08. The summed E-state index contributed by atoms with van der Waals surface area (Å²) < 4.78 is 38.8. The van der Waals surface area contributed by atoms with Gasteiger partial charge in [0.25, 0.3) is 0 Å². The Morgan fingerprint density at radius 3 is 2.70 bits per heavy atom. The molecule has 106 valence electrons. The van der Waals surface area contributed by atoms with Gasteiger partial charge in [-0.2, -0.15) is 0 Å². The predicted molar refractivity (Wildman–Crippen MR) is 65.3 cm³/mol. The predicted octanol–water partition coefficient (Wildman–Crippen LogP) is 0.626. The number of halogens is 1. The van der Waals surface area contributed by atoms with Crippen LogP contribution in [0.1, 0.15) is 16.1 Å². The maximum atomic E-state index is 13.2. The topological polar surface area (TPSA) is 102 Å². The van der Waals surface area contributed by atoms with Gasteiger partial charge in [0, 0.05) is 13.2 Å². The molecule has 1 N–H and O–H groups in total. The van der Waals surface area contributed by atoms with Crippen molar-refractivity contribution in [3.63, 3.8) is 0 Å². The molecule has 0 aliphatic heterocycles. The maximum Gasteiger partial charge on any atom is 0.338 e. The highest BCUT2D eigenvalue weighted by Crippen LogP contribution is 2.19. The van der Waals surface area contributed by atoms with Gasteiger partial charge < -0.3 is 5.11 Å². The summed E-state index contributed by atoms with van der Waals surface area (Å²) in [6.07, 6.45) is 1.43. The zero-order valence-electron chi connectivity index (χ0n) is 10.3. The molecule has 0 saturated carbocycles. The SMILES string of the molecule is Cn1cc(CS(=O)(=O)c2ccc(F)c(C(=O)O)c2)nn1. The summed E-state index contributed by atoms with van der Waals surface area (Å²) in [6, 6.07) is 2.63. The number of carboxylic acids is 1. The van der Waals surface area contributed by atoms with E-state index in [1.54, 1.807) is 7.05 Å². The van der Waals surface area contributed by atoms with Crippen LogP contribution in [0, 0.1) is 5.82 Å². The van der Waals surface area contributed by atoms with Gasteiger partial charge in [-0.1, -0.05) is 5.21 Å². The van der Waals surface area contributed by atoms with Gasteiger partial charge in [-0.15, -0.1) is 5.10 Å². The molecule has 0 radical (unpaired) electrons. The average Bonchev–Trinajstić information content (AvgIpc) is 2.73. The Labute approximate surface area is 113 Å². The number of hydrogen-bond acceptors (Lipinski definition) is 5. The van der Waals surface area contributed by atoms with Crippen molar-refractivity contribution < 1.29 is 22.7 Å². The molecule has 1 aromatic carbocycles. The van der Waals surface area contributed by atoms with E-state index in [9.17, 15) is 17.6 Å². The summed E-state index contributed by atoms with van der Waals surface area (Å²) in [6.45, 7) is 0. The van der Waals surface area contributed by atoms with Crippen LogP contribution in [0.3, 0.4) is 0 Å². The van der Waals surface area contributed by atoms with Crippen LogP contribution in [0.15, 0.2) is 29.3 Å². The fraction of sp³-hybridized carbons (Fsp3) is 0.182. The van der Waals surface area contributed by atoms with Crippen LogP contribution >= 0.6 is 0 Å². The summed E-state index contributed by atoms with van der Waals surface area (Å²) in [5, 5.41) is 16.0. The van der Waals surface area contributed by atoms with Crippen LogP contribution in [0.5, 0.6) is 0 Å². The third kappa shape index (κ3) is 2.82. The molecular weight excluding hydrogens is 289 g/mol. The van der Waals surface area contributed by atoms with E-state index in [4.69, 9.17) is 5.11 Å². The van der Waals surface area contributed by atoms with Crippen molar-refractivity contribution in [1.29, 1.82) is 0 Å². The molecule has 0 spiro atoms. The van der Waals surface area contributed by atoms with Gasteiger partial charge in [-0.3, -0.25) is 4.68 Å². The van der Waals surface area contributed by atoms with Crippen molar-refractivity contribution in [3.05, 3.63) is 41.5 Å². The van der Waals surface area contributed by atoms with Gasteiger partial charge in [0.15, 0.2) is 9.84 Å². The third-order valence-electron chi connectivity index (χ3n) is 2.52. The quantitative estimate of drug-likeness (QED) is 0.831. The highest BCUT2D eigenvalue weighted by Gasteiger charge is 2.21.